The first-order valence-corrected chi connectivity index (χ1v) is 5.53. The van der Waals surface area contributed by atoms with Crippen molar-refractivity contribution in [1.82, 2.24) is 4.98 Å². The van der Waals surface area contributed by atoms with Crippen LogP contribution in [-0.2, 0) is 0 Å². The van der Waals surface area contributed by atoms with Crippen molar-refractivity contribution < 1.29 is 4.42 Å². The van der Waals surface area contributed by atoms with Gasteiger partial charge in [-0.05, 0) is 30.3 Å². The van der Waals surface area contributed by atoms with Gasteiger partial charge in [-0.3, -0.25) is 0 Å². The van der Waals surface area contributed by atoms with E-state index >= 15 is 0 Å². The number of hydrogen-bond acceptors (Lipinski definition) is 3. The van der Waals surface area contributed by atoms with Crippen LogP contribution < -0.4 is 5.73 Å². The third-order valence-corrected chi connectivity index (χ3v) is 2.77. The number of benzene rings is 2. The van der Waals surface area contributed by atoms with E-state index in [2.05, 4.69) is 4.98 Å². The van der Waals surface area contributed by atoms with Crippen molar-refractivity contribution >= 4 is 28.4 Å². The Labute approximate surface area is 103 Å². The molecule has 3 nitrogen and oxygen atoms in total. The van der Waals surface area contributed by atoms with Gasteiger partial charge in [0, 0.05) is 10.7 Å². The van der Waals surface area contributed by atoms with E-state index in [1.54, 1.807) is 18.2 Å². The molecule has 0 fully saturated rings. The maximum Gasteiger partial charge on any atom is 0.229 e. The second-order valence-corrected chi connectivity index (χ2v) is 4.15. The van der Waals surface area contributed by atoms with Gasteiger partial charge >= 0.3 is 0 Å². The topological polar surface area (TPSA) is 52.0 Å². The maximum atomic E-state index is 5.94. The summed E-state index contributed by atoms with van der Waals surface area (Å²) in [5.74, 6) is 0.492. The lowest BCUT2D eigenvalue weighted by atomic mass is 10.2. The summed E-state index contributed by atoms with van der Waals surface area (Å²) in [5.41, 5.74) is 8.74. The zero-order valence-electron chi connectivity index (χ0n) is 8.85. The molecule has 3 aromatic rings. The number of anilines is 1. The quantitative estimate of drug-likeness (QED) is 0.664. The zero-order chi connectivity index (χ0) is 11.8. The van der Waals surface area contributed by atoms with Gasteiger partial charge in [-0.1, -0.05) is 23.7 Å². The molecule has 0 saturated carbocycles. The van der Waals surface area contributed by atoms with Crippen LogP contribution in [0.2, 0.25) is 5.02 Å². The summed E-state index contributed by atoms with van der Waals surface area (Å²) >= 11 is 5.94. The summed E-state index contributed by atoms with van der Waals surface area (Å²) in [4.78, 5) is 4.38. The summed E-state index contributed by atoms with van der Waals surface area (Å²) in [5, 5.41) is 0.608. The zero-order valence-corrected chi connectivity index (χ0v) is 9.61. The highest BCUT2D eigenvalue weighted by atomic mass is 35.5. The number of fused-ring (bicyclic) bond motifs is 1. The number of nitrogens with zero attached hydrogens (tertiary/aromatic N) is 1. The predicted octanol–water partition coefficient (Wildman–Crippen LogP) is 3.73. The summed E-state index contributed by atoms with van der Waals surface area (Å²) in [6, 6.07) is 12.8. The first kappa shape index (κ1) is 10.2. The monoisotopic (exact) mass is 244 g/mol. The molecule has 1 aromatic heterocycles. The highest BCUT2D eigenvalue weighted by molar-refractivity contribution is 6.31. The second kappa shape index (κ2) is 3.79. The van der Waals surface area contributed by atoms with Crippen LogP contribution in [0.3, 0.4) is 0 Å². The molecular formula is C13H9ClN2O. The normalized spacial score (nSPS) is 10.9. The van der Waals surface area contributed by atoms with Gasteiger partial charge in [0.15, 0.2) is 5.58 Å². The number of aromatic nitrogens is 1. The van der Waals surface area contributed by atoms with Gasteiger partial charge in [0.25, 0.3) is 0 Å². The number of hydrogen-bond donors (Lipinski definition) is 1. The molecule has 3 rings (SSSR count). The van der Waals surface area contributed by atoms with Crippen molar-refractivity contribution in [2.75, 3.05) is 5.73 Å². The van der Waals surface area contributed by atoms with Gasteiger partial charge in [0.05, 0.1) is 5.56 Å². The number of oxazole rings is 1. The number of rotatable bonds is 1. The van der Waals surface area contributed by atoms with Gasteiger partial charge in [-0.15, -0.1) is 0 Å². The molecule has 0 saturated heterocycles. The minimum atomic E-state index is 0.492. The molecule has 0 aliphatic heterocycles. The van der Waals surface area contributed by atoms with Crippen molar-refractivity contribution in [2.24, 2.45) is 0 Å². The van der Waals surface area contributed by atoms with E-state index < -0.39 is 0 Å². The van der Waals surface area contributed by atoms with E-state index in [-0.39, 0.29) is 0 Å². The largest absolute Gasteiger partial charge is 0.436 e. The molecule has 0 aliphatic carbocycles. The highest BCUT2D eigenvalue weighted by Crippen LogP contribution is 2.30. The molecule has 1 heterocycles. The van der Waals surface area contributed by atoms with Crippen LogP contribution in [0.5, 0.6) is 0 Å². The Morgan fingerprint density at radius 3 is 2.76 bits per heavy atom. The fourth-order valence-corrected chi connectivity index (χ4v) is 1.87. The van der Waals surface area contributed by atoms with Crippen molar-refractivity contribution in [3.05, 3.63) is 47.5 Å². The number of nitrogen functional groups attached to an aromatic ring is 1. The molecule has 0 radical (unpaired) electrons. The number of halogens is 1. The SMILES string of the molecule is Nc1ccc(Cl)cc1-c1nc2ccccc2o1. The average Bonchev–Trinajstić information content (AvgIpc) is 2.75. The number of para-hydroxylation sites is 2. The van der Waals surface area contributed by atoms with Crippen molar-refractivity contribution in [3.63, 3.8) is 0 Å². The lowest BCUT2D eigenvalue weighted by Crippen LogP contribution is -1.89. The summed E-state index contributed by atoms with van der Waals surface area (Å²) in [6.07, 6.45) is 0. The van der Waals surface area contributed by atoms with E-state index in [1.807, 2.05) is 24.3 Å². The lowest BCUT2D eigenvalue weighted by molar-refractivity contribution is 0.620. The maximum absolute atomic E-state index is 5.94. The molecule has 0 unspecified atom stereocenters. The standard InChI is InChI=1S/C13H9ClN2O/c14-8-5-6-10(15)9(7-8)13-16-11-3-1-2-4-12(11)17-13/h1-7H,15H2. The minimum Gasteiger partial charge on any atom is -0.436 e. The molecule has 0 spiro atoms. The molecule has 0 aliphatic rings. The van der Waals surface area contributed by atoms with E-state index in [9.17, 15) is 0 Å². The van der Waals surface area contributed by atoms with Crippen molar-refractivity contribution in [2.45, 2.75) is 0 Å². The molecule has 4 heteroatoms. The Morgan fingerprint density at radius 2 is 1.94 bits per heavy atom. The van der Waals surface area contributed by atoms with E-state index in [1.165, 1.54) is 0 Å². The molecule has 0 atom stereocenters. The summed E-state index contributed by atoms with van der Waals surface area (Å²) in [7, 11) is 0. The Bertz CT molecular complexity index is 658. The molecular weight excluding hydrogens is 236 g/mol. The molecule has 84 valence electrons. The first-order chi connectivity index (χ1) is 8.24. The van der Waals surface area contributed by atoms with Gasteiger partial charge < -0.3 is 10.2 Å². The Balaban J connectivity index is 2.23. The fourth-order valence-electron chi connectivity index (χ4n) is 1.70. The molecule has 2 N–H and O–H groups in total. The van der Waals surface area contributed by atoms with Crippen LogP contribution in [0.1, 0.15) is 0 Å². The average molecular weight is 245 g/mol. The van der Waals surface area contributed by atoms with Crippen LogP contribution >= 0.6 is 11.6 Å². The van der Waals surface area contributed by atoms with Gasteiger partial charge in [-0.2, -0.15) is 0 Å². The highest BCUT2D eigenvalue weighted by Gasteiger charge is 2.11. The van der Waals surface area contributed by atoms with Gasteiger partial charge in [0.1, 0.15) is 5.52 Å². The van der Waals surface area contributed by atoms with E-state index in [4.69, 9.17) is 21.8 Å². The smallest absolute Gasteiger partial charge is 0.229 e. The molecule has 2 aromatic carbocycles. The predicted molar refractivity (Wildman–Crippen MR) is 68.9 cm³/mol. The second-order valence-electron chi connectivity index (χ2n) is 3.72. The molecule has 0 amide bonds. The molecule has 17 heavy (non-hydrogen) atoms. The van der Waals surface area contributed by atoms with Crippen molar-refractivity contribution in [3.8, 4) is 11.5 Å². The van der Waals surface area contributed by atoms with E-state index in [0.717, 1.165) is 11.1 Å². The minimum absolute atomic E-state index is 0.492. The lowest BCUT2D eigenvalue weighted by Gasteiger charge is -2.00. The van der Waals surface area contributed by atoms with Gasteiger partial charge in [-0.25, -0.2) is 4.98 Å². The first-order valence-electron chi connectivity index (χ1n) is 5.15. The van der Waals surface area contributed by atoms with Crippen LogP contribution in [-0.4, -0.2) is 4.98 Å². The van der Waals surface area contributed by atoms with Crippen LogP contribution in [0, 0.1) is 0 Å². The number of nitrogens with two attached hydrogens (primary N) is 1. The Morgan fingerprint density at radius 1 is 1.12 bits per heavy atom. The van der Waals surface area contributed by atoms with Crippen LogP contribution in [0.15, 0.2) is 46.9 Å². The fraction of sp³-hybridized carbons (Fsp3) is 0. The van der Waals surface area contributed by atoms with Crippen LogP contribution in [0.25, 0.3) is 22.6 Å². The summed E-state index contributed by atoms with van der Waals surface area (Å²) in [6.45, 7) is 0. The third kappa shape index (κ3) is 1.74. The van der Waals surface area contributed by atoms with Crippen LogP contribution in [0.4, 0.5) is 5.69 Å². The van der Waals surface area contributed by atoms with E-state index in [0.29, 0.717) is 22.2 Å². The summed E-state index contributed by atoms with van der Waals surface area (Å²) < 4.78 is 5.64. The van der Waals surface area contributed by atoms with Crippen molar-refractivity contribution in [1.29, 1.82) is 0 Å². The Kier molecular flexibility index (Phi) is 2.27. The Hall–Kier alpha value is -2.00. The molecule has 0 bridgehead atoms. The van der Waals surface area contributed by atoms with Gasteiger partial charge in [0.2, 0.25) is 5.89 Å². The third-order valence-electron chi connectivity index (χ3n) is 2.54.